The normalized spacial score (nSPS) is 12.2. The van der Waals surface area contributed by atoms with E-state index in [-0.39, 0.29) is 6.61 Å². The number of nitrogens with zero attached hydrogens (tertiary/aromatic N) is 2. The van der Waals surface area contributed by atoms with Gasteiger partial charge in [0.2, 0.25) is 0 Å². The van der Waals surface area contributed by atoms with Crippen molar-refractivity contribution in [2.75, 3.05) is 6.26 Å². The van der Waals surface area contributed by atoms with Crippen molar-refractivity contribution in [3.63, 3.8) is 0 Å². The Hall–Kier alpha value is -2.47. The van der Waals surface area contributed by atoms with Gasteiger partial charge in [-0.1, -0.05) is 18.2 Å². The molecule has 2 heterocycles. The van der Waals surface area contributed by atoms with Crippen molar-refractivity contribution in [1.29, 1.82) is 0 Å². The first kappa shape index (κ1) is 15.4. The SMILES string of the molecule is C[S@@](=O)Cc1cccc(C(=O)OCc2cn3ccccc3n2)c1. The lowest BCUT2D eigenvalue weighted by Crippen LogP contribution is -2.06. The lowest BCUT2D eigenvalue weighted by atomic mass is 10.1. The summed E-state index contributed by atoms with van der Waals surface area (Å²) in [4.78, 5) is 16.5. The van der Waals surface area contributed by atoms with Gasteiger partial charge in [0.25, 0.3) is 0 Å². The molecule has 0 N–H and O–H groups in total. The lowest BCUT2D eigenvalue weighted by molar-refractivity contribution is 0.0468. The molecule has 3 rings (SSSR count). The summed E-state index contributed by atoms with van der Waals surface area (Å²) in [7, 11) is -0.945. The summed E-state index contributed by atoms with van der Waals surface area (Å²) in [5.41, 5.74) is 2.81. The van der Waals surface area contributed by atoms with E-state index in [2.05, 4.69) is 4.98 Å². The minimum atomic E-state index is -0.945. The summed E-state index contributed by atoms with van der Waals surface area (Å²) in [6, 6.07) is 12.7. The number of rotatable bonds is 5. The van der Waals surface area contributed by atoms with Crippen LogP contribution in [0.3, 0.4) is 0 Å². The Morgan fingerprint density at radius 2 is 2.13 bits per heavy atom. The zero-order valence-electron chi connectivity index (χ0n) is 12.6. The summed E-state index contributed by atoms with van der Waals surface area (Å²) >= 11 is 0. The summed E-state index contributed by atoms with van der Waals surface area (Å²) in [6.45, 7) is 0.116. The van der Waals surface area contributed by atoms with Crippen molar-refractivity contribution in [3.05, 3.63) is 71.7 Å². The number of esters is 1. The van der Waals surface area contributed by atoms with Crippen molar-refractivity contribution >= 4 is 22.4 Å². The number of hydrogen-bond donors (Lipinski definition) is 0. The number of hydrogen-bond acceptors (Lipinski definition) is 4. The topological polar surface area (TPSA) is 60.7 Å². The van der Waals surface area contributed by atoms with E-state index < -0.39 is 16.8 Å². The standard InChI is InChI=1S/C17H16N2O3S/c1-23(21)12-13-5-4-6-14(9-13)17(20)22-11-15-10-19-8-3-2-7-16(19)18-15/h2-10H,11-12H2,1H3/t23-/m1/s1. The number of carbonyl (C=O) groups is 1. The third-order valence-electron chi connectivity index (χ3n) is 3.30. The van der Waals surface area contributed by atoms with Crippen molar-refractivity contribution < 1.29 is 13.7 Å². The summed E-state index contributed by atoms with van der Waals surface area (Å²) in [5, 5.41) is 0. The van der Waals surface area contributed by atoms with Gasteiger partial charge < -0.3 is 9.14 Å². The van der Waals surface area contributed by atoms with Crippen LogP contribution in [0.1, 0.15) is 21.6 Å². The number of carbonyl (C=O) groups excluding carboxylic acids is 1. The van der Waals surface area contributed by atoms with Crippen LogP contribution in [0.15, 0.2) is 54.9 Å². The van der Waals surface area contributed by atoms with E-state index in [4.69, 9.17) is 4.74 Å². The molecule has 0 unspecified atom stereocenters. The molecule has 0 saturated carbocycles. The largest absolute Gasteiger partial charge is 0.456 e. The molecular formula is C17H16N2O3S. The maximum Gasteiger partial charge on any atom is 0.338 e. The van der Waals surface area contributed by atoms with Crippen molar-refractivity contribution in [3.8, 4) is 0 Å². The number of pyridine rings is 1. The molecule has 1 aromatic carbocycles. The lowest BCUT2D eigenvalue weighted by Gasteiger charge is -2.05. The number of benzene rings is 1. The van der Waals surface area contributed by atoms with Gasteiger partial charge in [-0.15, -0.1) is 0 Å². The number of imidazole rings is 1. The summed E-state index contributed by atoms with van der Waals surface area (Å²) in [6.07, 6.45) is 5.36. The zero-order valence-corrected chi connectivity index (χ0v) is 13.5. The van der Waals surface area contributed by atoms with Crippen LogP contribution < -0.4 is 0 Å². The molecule has 6 heteroatoms. The van der Waals surface area contributed by atoms with Gasteiger partial charge >= 0.3 is 5.97 Å². The maximum absolute atomic E-state index is 12.1. The minimum absolute atomic E-state index is 0.116. The highest BCUT2D eigenvalue weighted by Crippen LogP contribution is 2.11. The van der Waals surface area contributed by atoms with Crippen molar-refractivity contribution in [1.82, 2.24) is 9.38 Å². The van der Waals surface area contributed by atoms with Gasteiger partial charge in [0.05, 0.1) is 11.3 Å². The monoisotopic (exact) mass is 328 g/mol. The second kappa shape index (κ2) is 6.75. The average Bonchev–Trinajstić information content (AvgIpc) is 2.95. The molecule has 1 atom stereocenters. The van der Waals surface area contributed by atoms with Gasteiger partial charge in [0.15, 0.2) is 0 Å². The summed E-state index contributed by atoms with van der Waals surface area (Å²) in [5.74, 6) is 0.0129. The first-order valence-corrected chi connectivity index (χ1v) is 8.83. The Balaban J connectivity index is 1.68. The highest BCUT2D eigenvalue weighted by Gasteiger charge is 2.10. The van der Waals surface area contributed by atoms with Crippen LogP contribution in [0.4, 0.5) is 0 Å². The fourth-order valence-corrected chi connectivity index (χ4v) is 2.95. The van der Waals surface area contributed by atoms with E-state index in [1.54, 1.807) is 24.5 Å². The van der Waals surface area contributed by atoms with Gasteiger partial charge in [-0.2, -0.15) is 0 Å². The molecule has 5 nitrogen and oxygen atoms in total. The summed E-state index contributed by atoms with van der Waals surface area (Å²) < 4.78 is 18.5. The molecule has 0 aliphatic rings. The molecule has 3 aromatic rings. The van der Waals surface area contributed by atoms with Gasteiger partial charge in [0, 0.05) is 35.2 Å². The van der Waals surface area contributed by atoms with E-state index in [9.17, 15) is 9.00 Å². The Morgan fingerprint density at radius 3 is 2.91 bits per heavy atom. The highest BCUT2D eigenvalue weighted by atomic mass is 32.2. The Morgan fingerprint density at radius 1 is 1.26 bits per heavy atom. The first-order valence-electron chi connectivity index (χ1n) is 7.10. The molecule has 0 fully saturated rings. The van der Waals surface area contributed by atoms with Crippen LogP contribution in [0.5, 0.6) is 0 Å². The molecule has 0 aliphatic heterocycles. The van der Waals surface area contributed by atoms with Crippen LogP contribution in [0.25, 0.3) is 5.65 Å². The fraction of sp³-hybridized carbons (Fsp3) is 0.176. The molecule has 0 amide bonds. The molecule has 2 aromatic heterocycles. The number of fused-ring (bicyclic) bond motifs is 1. The zero-order chi connectivity index (χ0) is 16.2. The quantitative estimate of drug-likeness (QED) is 0.675. The predicted molar refractivity (Wildman–Crippen MR) is 88.5 cm³/mol. The molecular weight excluding hydrogens is 312 g/mol. The predicted octanol–water partition coefficient (Wildman–Crippen LogP) is 2.57. The third-order valence-corrected chi connectivity index (χ3v) is 4.04. The van der Waals surface area contributed by atoms with Gasteiger partial charge in [-0.3, -0.25) is 4.21 Å². The molecule has 0 saturated heterocycles. The molecule has 0 bridgehead atoms. The Bertz CT molecular complexity index is 840. The molecule has 0 radical (unpaired) electrons. The molecule has 0 aliphatic carbocycles. The van der Waals surface area contributed by atoms with E-state index in [1.165, 1.54) is 0 Å². The van der Waals surface area contributed by atoms with Gasteiger partial charge in [-0.05, 0) is 29.8 Å². The molecule has 23 heavy (non-hydrogen) atoms. The van der Waals surface area contributed by atoms with Crippen LogP contribution in [-0.2, 0) is 27.9 Å². The van der Waals surface area contributed by atoms with Crippen LogP contribution >= 0.6 is 0 Å². The maximum atomic E-state index is 12.1. The smallest absolute Gasteiger partial charge is 0.338 e. The second-order valence-electron chi connectivity index (χ2n) is 5.19. The third kappa shape index (κ3) is 3.84. The van der Waals surface area contributed by atoms with E-state index in [0.717, 1.165) is 11.2 Å². The number of aromatic nitrogens is 2. The van der Waals surface area contributed by atoms with Crippen LogP contribution in [0, 0.1) is 0 Å². The van der Waals surface area contributed by atoms with E-state index in [1.807, 2.05) is 41.1 Å². The Kier molecular flexibility index (Phi) is 4.52. The van der Waals surface area contributed by atoms with Crippen molar-refractivity contribution in [2.45, 2.75) is 12.4 Å². The van der Waals surface area contributed by atoms with Gasteiger partial charge in [-0.25, -0.2) is 9.78 Å². The minimum Gasteiger partial charge on any atom is -0.456 e. The molecule has 0 spiro atoms. The highest BCUT2D eigenvalue weighted by molar-refractivity contribution is 7.83. The number of ether oxygens (including phenoxy) is 1. The van der Waals surface area contributed by atoms with Crippen LogP contribution in [-0.4, -0.2) is 25.8 Å². The van der Waals surface area contributed by atoms with Crippen molar-refractivity contribution in [2.24, 2.45) is 0 Å². The van der Waals surface area contributed by atoms with E-state index >= 15 is 0 Å². The van der Waals surface area contributed by atoms with Gasteiger partial charge in [0.1, 0.15) is 12.3 Å². The average molecular weight is 328 g/mol. The molecule has 118 valence electrons. The first-order chi connectivity index (χ1) is 11.1. The Labute approximate surface area is 136 Å². The second-order valence-corrected chi connectivity index (χ2v) is 6.63. The van der Waals surface area contributed by atoms with E-state index in [0.29, 0.717) is 17.0 Å². The van der Waals surface area contributed by atoms with Crippen LogP contribution in [0.2, 0.25) is 0 Å². The fourth-order valence-electron chi connectivity index (χ4n) is 2.30.